The molecule has 2 aromatic rings. The Morgan fingerprint density at radius 3 is 2.62 bits per heavy atom. The van der Waals surface area contributed by atoms with Gasteiger partial charge in [0, 0.05) is 18.8 Å². The molecule has 0 atom stereocenters. The van der Waals surface area contributed by atoms with Gasteiger partial charge in [-0.1, -0.05) is 0 Å². The SMILES string of the molecule is COc1cc(CNC(=O)NCC(=O)Nc2ccc(F)c(F)c2F)ccn1. The van der Waals surface area contributed by atoms with Crippen LogP contribution in [0.2, 0.25) is 0 Å². The molecule has 0 bridgehead atoms. The first-order valence-corrected chi connectivity index (χ1v) is 7.34. The van der Waals surface area contributed by atoms with Crippen LogP contribution >= 0.6 is 0 Å². The molecule has 138 valence electrons. The third kappa shape index (κ3) is 5.10. The lowest BCUT2D eigenvalue weighted by molar-refractivity contribution is -0.115. The fraction of sp³-hybridized carbons (Fsp3) is 0.188. The Labute approximate surface area is 146 Å². The van der Waals surface area contributed by atoms with Gasteiger partial charge in [0.25, 0.3) is 0 Å². The summed E-state index contributed by atoms with van der Waals surface area (Å²) in [6.07, 6.45) is 1.51. The summed E-state index contributed by atoms with van der Waals surface area (Å²) in [6.45, 7) is -0.339. The number of amides is 3. The second kappa shape index (κ2) is 8.70. The van der Waals surface area contributed by atoms with Gasteiger partial charge >= 0.3 is 6.03 Å². The largest absolute Gasteiger partial charge is 0.481 e. The standard InChI is InChI=1S/C16H15F3N4O3/c1-26-13-6-9(4-5-20-13)7-21-16(25)22-8-12(24)23-11-3-2-10(17)14(18)15(11)19/h2-6H,7-8H2,1H3,(H,23,24)(H2,21,22,25). The Balaban J connectivity index is 1.80. The monoisotopic (exact) mass is 368 g/mol. The molecule has 0 radical (unpaired) electrons. The number of urea groups is 1. The number of carbonyl (C=O) groups is 2. The van der Waals surface area contributed by atoms with E-state index in [1.807, 2.05) is 5.32 Å². The van der Waals surface area contributed by atoms with Crippen LogP contribution in [0.1, 0.15) is 5.56 Å². The van der Waals surface area contributed by atoms with Gasteiger partial charge in [0.15, 0.2) is 17.5 Å². The van der Waals surface area contributed by atoms with Crippen molar-refractivity contribution in [3.63, 3.8) is 0 Å². The average Bonchev–Trinajstić information content (AvgIpc) is 2.65. The van der Waals surface area contributed by atoms with E-state index in [1.54, 1.807) is 12.1 Å². The van der Waals surface area contributed by atoms with Crippen molar-refractivity contribution in [3.8, 4) is 5.88 Å². The highest BCUT2D eigenvalue weighted by atomic mass is 19.2. The second-order valence-corrected chi connectivity index (χ2v) is 5.01. The van der Waals surface area contributed by atoms with Gasteiger partial charge in [-0.25, -0.2) is 22.9 Å². The van der Waals surface area contributed by atoms with Crippen molar-refractivity contribution in [2.24, 2.45) is 0 Å². The van der Waals surface area contributed by atoms with Gasteiger partial charge in [-0.2, -0.15) is 0 Å². The van der Waals surface area contributed by atoms with E-state index in [9.17, 15) is 22.8 Å². The maximum atomic E-state index is 13.4. The molecule has 0 unspecified atom stereocenters. The number of benzene rings is 1. The molecule has 0 fully saturated rings. The minimum atomic E-state index is -1.69. The lowest BCUT2D eigenvalue weighted by Gasteiger charge is -2.10. The van der Waals surface area contributed by atoms with Crippen LogP contribution in [0.5, 0.6) is 5.88 Å². The van der Waals surface area contributed by atoms with Crippen molar-refractivity contribution in [2.45, 2.75) is 6.54 Å². The highest BCUT2D eigenvalue weighted by Gasteiger charge is 2.15. The lowest BCUT2D eigenvalue weighted by Crippen LogP contribution is -2.39. The summed E-state index contributed by atoms with van der Waals surface area (Å²) in [6, 6.07) is 4.20. The third-order valence-electron chi connectivity index (χ3n) is 3.18. The molecule has 0 spiro atoms. The zero-order valence-corrected chi connectivity index (χ0v) is 13.6. The summed E-state index contributed by atoms with van der Waals surface area (Å²) < 4.78 is 44.3. The molecule has 0 aliphatic carbocycles. The fourth-order valence-corrected chi connectivity index (χ4v) is 1.89. The van der Waals surface area contributed by atoms with Crippen LogP contribution in [-0.2, 0) is 11.3 Å². The van der Waals surface area contributed by atoms with Crippen molar-refractivity contribution >= 4 is 17.6 Å². The van der Waals surface area contributed by atoms with E-state index in [0.29, 0.717) is 11.9 Å². The molecule has 0 saturated carbocycles. The number of hydrogen-bond donors (Lipinski definition) is 3. The van der Waals surface area contributed by atoms with Gasteiger partial charge in [0.2, 0.25) is 11.8 Å². The number of nitrogens with zero attached hydrogens (tertiary/aromatic N) is 1. The van der Waals surface area contributed by atoms with E-state index in [0.717, 1.165) is 11.6 Å². The summed E-state index contributed by atoms with van der Waals surface area (Å²) in [5, 5.41) is 6.78. The molecule has 26 heavy (non-hydrogen) atoms. The number of methoxy groups -OCH3 is 1. The van der Waals surface area contributed by atoms with Crippen molar-refractivity contribution in [2.75, 3.05) is 19.0 Å². The Hall–Kier alpha value is -3.30. The third-order valence-corrected chi connectivity index (χ3v) is 3.18. The van der Waals surface area contributed by atoms with Crippen LogP contribution in [0.4, 0.5) is 23.7 Å². The minimum Gasteiger partial charge on any atom is -0.481 e. The molecule has 0 aliphatic rings. The molecule has 2 rings (SSSR count). The van der Waals surface area contributed by atoms with Gasteiger partial charge in [0.05, 0.1) is 19.3 Å². The molecule has 10 heteroatoms. The van der Waals surface area contributed by atoms with Gasteiger partial charge in [-0.05, 0) is 23.8 Å². The number of hydrogen-bond acceptors (Lipinski definition) is 4. The van der Waals surface area contributed by atoms with E-state index in [4.69, 9.17) is 4.74 Å². The number of nitrogens with one attached hydrogen (secondary N) is 3. The average molecular weight is 368 g/mol. The van der Waals surface area contributed by atoms with Crippen LogP contribution in [0.25, 0.3) is 0 Å². The molecular weight excluding hydrogens is 353 g/mol. The number of ether oxygens (including phenoxy) is 1. The van der Waals surface area contributed by atoms with Gasteiger partial charge < -0.3 is 20.7 Å². The quantitative estimate of drug-likeness (QED) is 0.680. The summed E-state index contributed by atoms with van der Waals surface area (Å²) in [5.74, 6) is -5.00. The molecule has 3 amide bonds. The van der Waals surface area contributed by atoms with Crippen LogP contribution in [0, 0.1) is 17.5 Å². The summed E-state index contributed by atoms with van der Waals surface area (Å²) in [4.78, 5) is 27.2. The predicted octanol–water partition coefficient (Wildman–Crippen LogP) is 1.95. The summed E-state index contributed by atoms with van der Waals surface area (Å²) in [5.41, 5.74) is 0.195. The summed E-state index contributed by atoms with van der Waals surface area (Å²) >= 11 is 0. The van der Waals surface area contributed by atoms with Crippen molar-refractivity contribution in [3.05, 3.63) is 53.5 Å². The Bertz CT molecular complexity index is 817. The van der Waals surface area contributed by atoms with Crippen molar-refractivity contribution < 1.29 is 27.5 Å². The number of pyridine rings is 1. The Morgan fingerprint density at radius 2 is 1.88 bits per heavy atom. The van der Waals surface area contributed by atoms with Crippen LogP contribution < -0.4 is 20.7 Å². The smallest absolute Gasteiger partial charge is 0.315 e. The van der Waals surface area contributed by atoms with E-state index < -0.39 is 41.6 Å². The molecule has 0 aliphatic heterocycles. The first-order chi connectivity index (χ1) is 12.4. The zero-order chi connectivity index (χ0) is 19.1. The Kier molecular flexibility index (Phi) is 6.36. The van der Waals surface area contributed by atoms with Crippen LogP contribution in [-0.4, -0.2) is 30.6 Å². The van der Waals surface area contributed by atoms with Crippen molar-refractivity contribution in [1.82, 2.24) is 15.6 Å². The molecule has 0 saturated heterocycles. The normalized spacial score (nSPS) is 10.2. The fourth-order valence-electron chi connectivity index (χ4n) is 1.89. The predicted molar refractivity (Wildman–Crippen MR) is 86.0 cm³/mol. The van der Waals surface area contributed by atoms with Crippen molar-refractivity contribution in [1.29, 1.82) is 0 Å². The highest BCUT2D eigenvalue weighted by molar-refractivity contribution is 5.94. The van der Waals surface area contributed by atoms with E-state index in [1.165, 1.54) is 13.3 Å². The van der Waals surface area contributed by atoms with Crippen LogP contribution in [0.15, 0.2) is 30.5 Å². The Morgan fingerprint density at radius 1 is 1.12 bits per heavy atom. The van der Waals surface area contributed by atoms with E-state index in [2.05, 4.69) is 15.6 Å². The van der Waals surface area contributed by atoms with Crippen LogP contribution in [0.3, 0.4) is 0 Å². The number of rotatable bonds is 6. The van der Waals surface area contributed by atoms with Gasteiger partial charge in [-0.3, -0.25) is 4.79 Å². The number of carbonyl (C=O) groups excluding carboxylic acids is 2. The minimum absolute atomic E-state index is 0.157. The number of anilines is 1. The highest BCUT2D eigenvalue weighted by Crippen LogP contribution is 2.19. The second-order valence-electron chi connectivity index (χ2n) is 5.01. The van der Waals surface area contributed by atoms with Gasteiger partial charge in [0.1, 0.15) is 0 Å². The molecule has 1 aromatic carbocycles. The lowest BCUT2D eigenvalue weighted by atomic mass is 10.2. The topological polar surface area (TPSA) is 92.4 Å². The molecular formula is C16H15F3N4O3. The number of aromatic nitrogens is 1. The van der Waals surface area contributed by atoms with E-state index in [-0.39, 0.29) is 6.54 Å². The first kappa shape index (κ1) is 19.0. The summed E-state index contributed by atoms with van der Waals surface area (Å²) in [7, 11) is 1.46. The van der Waals surface area contributed by atoms with Gasteiger partial charge in [-0.15, -0.1) is 0 Å². The molecule has 7 nitrogen and oxygen atoms in total. The molecule has 3 N–H and O–H groups in total. The first-order valence-electron chi connectivity index (χ1n) is 7.34. The van der Waals surface area contributed by atoms with E-state index >= 15 is 0 Å². The maximum absolute atomic E-state index is 13.4. The molecule has 1 aromatic heterocycles. The number of halogens is 3. The maximum Gasteiger partial charge on any atom is 0.315 e. The molecule has 1 heterocycles. The zero-order valence-electron chi connectivity index (χ0n) is 13.6.